The maximum atomic E-state index is 11.4. The number of carboxylic acid groups (broad SMARTS) is 1. The van der Waals surface area contributed by atoms with Crippen molar-refractivity contribution in [2.24, 2.45) is 5.41 Å². The van der Waals surface area contributed by atoms with E-state index in [-0.39, 0.29) is 11.0 Å². The first-order valence-electron chi connectivity index (χ1n) is 7.34. The second-order valence-corrected chi connectivity index (χ2v) is 6.54. The van der Waals surface area contributed by atoms with Crippen molar-refractivity contribution >= 4 is 22.6 Å². The van der Waals surface area contributed by atoms with Crippen LogP contribution >= 0.6 is 0 Å². The summed E-state index contributed by atoms with van der Waals surface area (Å²) in [6, 6.07) is 7.64. The first kappa shape index (κ1) is 13.9. The van der Waals surface area contributed by atoms with E-state index in [0.717, 1.165) is 36.1 Å². The molecule has 1 fully saturated rings. The number of aromatic nitrogens is 1. The largest absolute Gasteiger partial charge is 0.478 e. The molecule has 1 aliphatic rings. The molecule has 0 spiro atoms. The lowest BCUT2D eigenvalue weighted by atomic mass is 9.84. The van der Waals surface area contributed by atoms with E-state index in [2.05, 4.69) is 23.7 Å². The molecule has 0 aliphatic carbocycles. The second kappa shape index (κ2) is 5.02. The zero-order valence-electron chi connectivity index (χ0n) is 12.5. The van der Waals surface area contributed by atoms with Crippen LogP contribution in [0.2, 0.25) is 0 Å². The van der Waals surface area contributed by atoms with Crippen molar-refractivity contribution in [3.8, 4) is 0 Å². The minimum absolute atomic E-state index is 0.269. The summed E-state index contributed by atoms with van der Waals surface area (Å²) in [5.74, 6) is -0.0207. The van der Waals surface area contributed by atoms with Gasteiger partial charge in [-0.25, -0.2) is 9.78 Å². The van der Waals surface area contributed by atoms with Gasteiger partial charge in [0.2, 0.25) is 0 Å². The summed E-state index contributed by atoms with van der Waals surface area (Å²) in [5, 5.41) is 11.0. The average Bonchev–Trinajstić information content (AvgIpc) is 2.44. The van der Waals surface area contributed by atoms with Crippen LogP contribution in [0.3, 0.4) is 0 Å². The Hall–Kier alpha value is -2.10. The molecular weight excluding hydrogens is 264 g/mol. The topological polar surface area (TPSA) is 53.4 Å². The summed E-state index contributed by atoms with van der Waals surface area (Å²) in [6.07, 6.45) is 3.85. The fourth-order valence-corrected chi connectivity index (χ4v) is 3.20. The number of benzene rings is 1. The molecule has 21 heavy (non-hydrogen) atoms. The number of aromatic carboxylic acids is 1. The summed E-state index contributed by atoms with van der Waals surface area (Å²) in [4.78, 5) is 18.1. The van der Waals surface area contributed by atoms with Crippen molar-refractivity contribution in [2.45, 2.75) is 26.7 Å². The van der Waals surface area contributed by atoms with Gasteiger partial charge in [0.25, 0.3) is 0 Å². The third-order valence-electron chi connectivity index (χ3n) is 4.20. The monoisotopic (exact) mass is 284 g/mol. The van der Waals surface area contributed by atoms with Gasteiger partial charge in [-0.15, -0.1) is 0 Å². The molecule has 2 heterocycles. The van der Waals surface area contributed by atoms with Gasteiger partial charge in [0.05, 0.1) is 5.56 Å². The van der Waals surface area contributed by atoms with Gasteiger partial charge in [-0.1, -0.05) is 38.1 Å². The maximum Gasteiger partial charge on any atom is 0.337 e. The molecule has 110 valence electrons. The standard InChI is InChI=1S/C17H20N2O2/c1-17(2)8-5-9-19(11-17)15-13-7-4-3-6-12(13)14(10-18-15)16(20)21/h3-4,6-7,10H,5,8-9,11H2,1-2H3,(H,20,21). The van der Waals surface area contributed by atoms with Gasteiger partial charge >= 0.3 is 5.97 Å². The molecule has 2 aromatic rings. The number of carbonyl (C=O) groups is 1. The second-order valence-electron chi connectivity index (χ2n) is 6.54. The average molecular weight is 284 g/mol. The van der Waals surface area contributed by atoms with Crippen LogP contribution in [0.15, 0.2) is 30.5 Å². The number of anilines is 1. The van der Waals surface area contributed by atoms with Crippen LogP contribution in [-0.4, -0.2) is 29.1 Å². The smallest absolute Gasteiger partial charge is 0.337 e. The van der Waals surface area contributed by atoms with E-state index in [1.807, 2.05) is 24.3 Å². The molecule has 0 saturated carbocycles. The van der Waals surface area contributed by atoms with Crippen molar-refractivity contribution in [2.75, 3.05) is 18.0 Å². The zero-order chi connectivity index (χ0) is 15.0. The number of pyridine rings is 1. The molecule has 0 radical (unpaired) electrons. The normalized spacial score (nSPS) is 17.9. The molecule has 0 bridgehead atoms. The molecule has 0 unspecified atom stereocenters. The summed E-state index contributed by atoms with van der Waals surface area (Å²) >= 11 is 0. The first-order chi connectivity index (χ1) is 9.98. The number of fused-ring (bicyclic) bond motifs is 1. The SMILES string of the molecule is CC1(C)CCCN(c2ncc(C(=O)O)c3ccccc23)C1. The van der Waals surface area contributed by atoms with Crippen LogP contribution in [0, 0.1) is 5.41 Å². The van der Waals surface area contributed by atoms with E-state index >= 15 is 0 Å². The Kier molecular flexibility index (Phi) is 3.32. The minimum Gasteiger partial charge on any atom is -0.478 e. The molecule has 4 nitrogen and oxygen atoms in total. The third kappa shape index (κ3) is 2.58. The van der Waals surface area contributed by atoms with Gasteiger partial charge in [0.1, 0.15) is 5.82 Å². The fraction of sp³-hybridized carbons (Fsp3) is 0.412. The molecule has 0 amide bonds. The predicted molar refractivity (Wildman–Crippen MR) is 83.9 cm³/mol. The molecule has 1 aromatic heterocycles. The Bertz CT molecular complexity index is 694. The van der Waals surface area contributed by atoms with Crippen molar-refractivity contribution < 1.29 is 9.90 Å². The number of nitrogens with zero attached hydrogens (tertiary/aromatic N) is 2. The number of rotatable bonds is 2. The number of carboxylic acids is 1. The van der Waals surface area contributed by atoms with Gasteiger partial charge in [-0.2, -0.15) is 0 Å². The van der Waals surface area contributed by atoms with Crippen molar-refractivity contribution in [3.05, 3.63) is 36.0 Å². The molecule has 1 saturated heterocycles. The summed E-state index contributed by atoms with van der Waals surface area (Å²) in [7, 11) is 0. The fourth-order valence-electron chi connectivity index (χ4n) is 3.20. The van der Waals surface area contributed by atoms with Crippen molar-refractivity contribution in [1.82, 2.24) is 4.98 Å². The number of hydrogen-bond donors (Lipinski definition) is 1. The lowest BCUT2D eigenvalue weighted by Crippen LogP contribution is -2.40. The van der Waals surface area contributed by atoms with Gasteiger partial charge in [-0.05, 0) is 18.3 Å². The van der Waals surface area contributed by atoms with E-state index in [4.69, 9.17) is 0 Å². The van der Waals surface area contributed by atoms with Crippen LogP contribution in [0.5, 0.6) is 0 Å². The Balaban J connectivity index is 2.12. The highest BCUT2D eigenvalue weighted by atomic mass is 16.4. The Morgan fingerprint density at radius 2 is 2.00 bits per heavy atom. The first-order valence-corrected chi connectivity index (χ1v) is 7.34. The van der Waals surface area contributed by atoms with Crippen LogP contribution in [0.25, 0.3) is 10.8 Å². The number of piperidine rings is 1. The van der Waals surface area contributed by atoms with E-state index in [1.54, 1.807) is 0 Å². The molecule has 1 aliphatic heterocycles. The summed E-state index contributed by atoms with van der Waals surface area (Å²) < 4.78 is 0. The van der Waals surface area contributed by atoms with Crippen LogP contribution in [0.4, 0.5) is 5.82 Å². The summed E-state index contributed by atoms with van der Waals surface area (Å²) in [6.45, 7) is 6.48. The molecular formula is C17H20N2O2. The van der Waals surface area contributed by atoms with E-state index < -0.39 is 5.97 Å². The minimum atomic E-state index is -0.927. The number of hydrogen-bond acceptors (Lipinski definition) is 3. The van der Waals surface area contributed by atoms with Crippen molar-refractivity contribution in [1.29, 1.82) is 0 Å². The van der Waals surface area contributed by atoms with Crippen molar-refractivity contribution in [3.63, 3.8) is 0 Å². The molecule has 0 atom stereocenters. The van der Waals surface area contributed by atoms with Crippen LogP contribution in [0.1, 0.15) is 37.0 Å². The molecule has 1 N–H and O–H groups in total. The van der Waals surface area contributed by atoms with Gasteiger partial charge < -0.3 is 10.0 Å². The summed E-state index contributed by atoms with van der Waals surface area (Å²) in [5.41, 5.74) is 0.539. The van der Waals surface area contributed by atoms with Gasteiger partial charge in [0, 0.05) is 30.1 Å². The quantitative estimate of drug-likeness (QED) is 0.916. The van der Waals surface area contributed by atoms with E-state index in [1.165, 1.54) is 12.6 Å². The highest BCUT2D eigenvalue weighted by Crippen LogP contribution is 2.34. The van der Waals surface area contributed by atoms with E-state index in [0.29, 0.717) is 0 Å². The molecule has 3 rings (SSSR count). The van der Waals surface area contributed by atoms with Gasteiger partial charge in [0.15, 0.2) is 0 Å². The van der Waals surface area contributed by atoms with Crippen LogP contribution < -0.4 is 4.90 Å². The maximum absolute atomic E-state index is 11.4. The highest BCUT2D eigenvalue weighted by Gasteiger charge is 2.28. The Labute approximate surface area is 124 Å². The highest BCUT2D eigenvalue weighted by molar-refractivity contribution is 6.06. The van der Waals surface area contributed by atoms with Crippen LogP contribution in [-0.2, 0) is 0 Å². The molecule has 4 heteroatoms. The third-order valence-corrected chi connectivity index (χ3v) is 4.20. The molecule has 1 aromatic carbocycles. The predicted octanol–water partition coefficient (Wildman–Crippen LogP) is 3.56. The van der Waals surface area contributed by atoms with Gasteiger partial charge in [-0.3, -0.25) is 0 Å². The van der Waals surface area contributed by atoms with E-state index in [9.17, 15) is 9.90 Å². The lowest BCUT2D eigenvalue weighted by Gasteiger charge is -2.39. The Morgan fingerprint density at radius 1 is 1.29 bits per heavy atom. The zero-order valence-corrected chi connectivity index (χ0v) is 12.5. The lowest BCUT2D eigenvalue weighted by molar-refractivity contribution is 0.0698. The Morgan fingerprint density at radius 3 is 2.67 bits per heavy atom.